The van der Waals surface area contributed by atoms with Gasteiger partial charge in [0, 0.05) is 11.6 Å². The Balaban J connectivity index is 1.91. The number of carbonyl (C=O) groups excluding carboxylic acids is 1. The molecule has 0 saturated carbocycles. The molecule has 1 aromatic rings. The van der Waals surface area contributed by atoms with E-state index in [1.54, 1.807) is 24.3 Å². The van der Waals surface area contributed by atoms with Crippen molar-refractivity contribution in [1.82, 2.24) is 4.90 Å². The van der Waals surface area contributed by atoms with Crippen molar-refractivity contribution in [2.75, 3.05) is 0 Å². The summed E-state index contributed by atoms with van der Waals surface area (Å²) in [5, 5.41) is 8.88. The van der Waals surface area contributed by atoms with E-state index in [0.717, 1.165) is 19.3 Å². The molecule has 1 amide bonds. The average Bonchev–Trinajstić information content (AvgIpc) is 2.67. The van der Waals surface area contributed by atoms with E-state index in [2.05, 4.69) is 18.2 Å². The van der Waals surface area contributed by atoms with Gasteiger partial charge in [-0.3, -0.25) is 4.79 Å². The van der Waals surface area contributed by atoms with E-state index in [0.29, 0.717) is 17.2 Å². The predicted molar refractivity (Wildman–Crippen MR) is 67.9 cm³/mol. The Morgan fingerprint density at radius 3 is 3.06 bits per heavy atom. The van der Waals surface area contributed by atoms with Crippen molar-refractivity contribution in [3.05, 3.63) is 47.5 Å². The maximum Gasteiger partial charge on any atom is 0.254 e. The molecule has 3 heteroatoms. The summed E-state index contributed by atoms with van der Waals surface area (Å²) in [7, 11) is 0. The number of fused-ring (bicyclic) bond motifs is 2. The maximum absolute atomic E-state index is 12.5. The van der Waals surface area contributed by atoms with Crippen LogP contribution in [0.2, 0.25) is 0 Å². The van der Waals surface area contributed by atoms with Crippen LogP contribution in [-0.4, -0.2) is 22.9 Å². The first kappa shape index (κ1) is 11.0. The van der Waals surface area contributed by atoms with E-state index in [4.69, 9.17) is 5.26 Å². The largest absolute Gasteiger partial charge is 0.329 e. The van der Waals surface area contributed by atoms with Crippen LogP contribution in [0, 0.1) is 11.3 Å². The second kappa shape index (κ2) is 4.30. The molecule has 2 aliphatic rings. The molecule has 2 aliphatic heterocycles. The summed E-state index contributed by atoms with van der Waals surface area (Å²) in [5.41, 5.74) is 1.17. The van der Waals surface area contributed by atoms with Crippen molar-refractivity contribution in [1.29, 1.82) is 5.26 Å². The molecule has 0 aromatic heterocycles. The van der Waals surface area contributed by atoms with Crippen LogP contribution in [-0.2, 0) is 0 Å². The molecule has 18 heavy (non-hydrogen) atoms. The monoisotopic (exact) mass is 238 g/mol. The van der Waals surface area contributed by atoms with E-state index in [1.165, 1.54) is 0 Å². The summed E-state index contributed by atoms with van der Waals surface area (Å²) in [4.78, 5) is 14.5. The molecule has 2 unspecified atom stereocenters. The molecule has 2 heterocycles. The normalized spacial score (nSPS) is 24.9. The number of carbonyl (C=O) groups is 1. The first-order valence-electron chi connectivity index (χ1n) is 6.29. The number of rotatable bonds is 1. The summed E-state index contributed by atoms with van der Waals surface area (Å²) < 4.78 is 0. The fourth-order valence-electron chi connectivity index (χ4n) is 2.91. The van der Waals surface area contributed by atoms with Gasteiger partial charge in [-0.15, -0.1) is 0 Å². The Morgan fingerprint density at radius 2 is 2.28 bits per heavy atom. The highest BCUT2D eigenvalue weighted by atomic mass is 16.2. The quantitative estimate of drug-likeness (QED) is 0.705. The van der Waals surface area contributed by atoms with Gasteiger partial charge in [0.15, 0.2) is 0 Å². The van der Waals surface area contributed by atoms with Crippen molar-refractivity contribution in [3.63, 3.8) is 0 Å². The first-order chi connectivity index (χ1) is 8.79. The molecule has 90 valence electrons. The molecule has 0 N–H and O–H groups in total. The summed E-state index contributed by atoms with van der Waals surface area (Å²) >= 11 is 0. The Morgan fingerprint density at radius 1 is 1.39 bits per heavy atom. The van der Waals surface area contributed by atoms with Crippen LogP contribution in [0.3, 0.4) is 0 Å². The Labute approximate surface area is 106 Å². The molecule has 3 rings (SSSR count). The van der Waals surface area contributed by atoms with Crippen LogP contribution in [0.4, 0.5) is 0 Å². The third-order valence-electron chi connectivity index (χ3n) is 3.79. The molecule has 0 spiro atoms. The predicted octanol–water partition coefficient (Wildman–Crippen LogP) is 2.49. The first-order valence-corrected chi connectivity index (χ1v) is 6.29. The number of nitriles is 1. The van der Waals surface area contributed by atoms with E-state index >= 15 is 0 Å². The Bertz CT molecular complexity index is 556. The lowest BCUT2D eigenvalue weighted by Crippen LogP contribution is -2.42. The van der Waals surface area contributed by atoms with Crippen LogP contribution >= 0.6 is 0 Å². The smallest absolute Gasteiger partial charge is 0.254 e. The molecule has 1 fully saturated rings. The van der Waals surface area contributed by atoms with E-state index in [9.17, 15) is 4.79 Å². The second-order valence-corrected chi connectivity index (χ2v) is 4.87. The molecule has 2 atom stereocenters. The number of amides is 1. The van der Waals surface area contributed by atoms with Crippen LogP contribution in [0.25, 0.3) is 0 Å². The van der Waals surface area contributed by atoms with Gasteiger partial charge in [0.1, 0.15) is 0 Å². The van der Waals surface area contributed by atoms with E-state index < -0.39 is 0 Å². The summed E-state index contributed by atoms with van der Waals surface area (Å²) in [6.45, 7) is 0. The zero-order valence-corrected chi connectivity index (χ0v) is 10.0. The number of benzene rings is 1. The number of hydrogen-bond acceptors (Lipinski definition) is 2. The van der Waals surface area contributed by atoms with Gasteiger partial charge >= 0.3 is 0 Å². The Kier molecular flexibility index (Phi) is 2.64. The van der Waals surface area contributed by atoms with Crippen molar-refractivity contribution in [2.45, 2.75) is 31.3 Å². The second-order valence-electron chi connectivity index (χ2n) is 4.87. The van der Waals surface area contributed by atoms with Gasteiger partial charge in [-0.2, -0.15) is 5.26 Å². The summed E-state index contributed by atoms with van der Waals surface area (Å²) in [5.74, 6) is 0.0592. The molecule has 1 aromatic carbocycles. The molecule has 0 radical (unpaired) electrons. The lowest BCUT2D eigenvalue weighted by molar-refractivity contribution is 0.0689. The van der Waals surface area contributed by atoms with Gasteiger partial charge in [-0.25, -0.2) is 0 Å². The molecule has 1 saturated heterocycles. The van der Waals surface area contributed by atoms with Crippen molar-refractivity contribution in [3.8, 4) is 6.07 Å². The van der Waals surface area contributed by atoms with Crippen LogP contribution in [0.1, 0.15) is 35.2 Å². The summed E-state index contributed by atoms with van der Waals surface area (Å²) in [6, 6.07) is 9.64. The van der Waals surface area contributed by atoms with Crippen molar-refractivity contribution in [2.24, 2.45) is 0 Å². The van der Waals surface area contributed by atoms with Crippen molar-refractivity contribution < 1.29 is 4.79 Å². The zero-order chi connectivity index (χ0) is 12.5. The fraction of sp³-hybridized carbons (Fsp3) is 0.333. The van der Waals surface area contributed by atoms with Gasteiger partial charge in [0.2, 0.25) is 0 Å². The maximum atomic E-state index is 12.5. The minimum atomic E-state index is 0.0592. The van der Waals surface area contributed by atoms with Gasteiger partial charge < -0.3 is 4.90 Å². The van der Waals surface area contributed by atoms with Crippen LogP contribution in [0.5, 0.6) is 0 Å². The molecular weight excluding hydrogens is 224 g/mol. The van der Waals surface area contributed by atoms with Gasteiger partial charge in [0.05, 0.1) is 17.7 Å². The fourth-order valence-corrected chi connectivity index (χ4v) is 2.91. The molecule has 2 bridgehead atoms. The minimum Gasteiger partial charge on any atom is -0.329 e. The minimum absolute atomic E-state index is 0.0592. The van der Waals surface area contributed by atoms with Gasteiger partial charge in [-0.05, 0) is 37.5 Å². The molecule has 0 aliphatic carbocycles. The topological polar surface area (TPSA) is 44.1 Å². The third kappa shape index (κ3) is 1.70. The highest BCUT2D eigenvalue weighted by Crippen LogP contribution is 2.32. The molecule has 3 nitrogen and oxygen atoms in total. The van der Waals surface area contributed by atoms with Crippen LogP contribution in [0.15, 0.2) is 36.4 Å². The summed E-state index contributed by atoms with van der Waals surface area (Å²) in [6.07, 6.45) is 7.42. The van der Waals surface area contributed by atoms with Crippen LogP contribution < -0.4 is 0 Å². The highest BCUT2D eigenvalue weighted by molar-refractivity contribution is 5.95. The van der Waals surface area contributed by atoms with Gasteiger partial charge in [0.25, 0.3) is 5.91 Å². The number of hydrogen-bond donors (Lipinski definition) is 0. The lowest BCUT2D eigenvalue weighted by Gasteiger charge is -2.31. The highest BCUT2D eigenvalue weighted by Gasteiger charge is 2.37. The standard InChI is InChI=1S/C15H14N2O/c16-10-11-3-1-4-12(9-11)15(18)17-13-5-2-6-14(17)8-7-13/h1-5,9,13-14H,6-8H2. The SMILES string of the molecule is N#Cc1cccc(C(=O)N2C3C=CCC2CC3)c1. The average molecular weight is 238 g/mol. The number of nitrogens with zero attached hydrogens (tertiary/aromatic N) is 2. The molecular formula is C15H14N2O. The zero-order valence-electron chi connectivity index (χ0n) is 10.0. The van der Waals surface area contributed by atoms with Gasteiger partial charge in [-0.1, -0.05) is 18.2 Å². The third-order valence-corrected chi connectivity index (χ3v) is 3.79. The van der Waals surface area contributed by atoms with E-state index in [1.807, 2.05) is 4.90 Å². The van der Waals surface area contributed by atoms with Crippen molar-refractivity contribution >= 4 is 5.91 Å². The Hall–Kier alpha value is -2.08. The van der Waals surface area contributed by atoms with E-state index in [-0.39, 0.29) is 11.9 Å². The lowest BCUT2D eigenvalue weighted by atomic mass is 10.1.